The van der Waals surface area contributed by atoms with Crippen LogP contribution in [0.1, 0.15) is 42.5 Å². The molecule has 0 radical (unpaired) electrons. The molecule has 0 aliphatic carbocycles. The van der Waals surface area contributed by atoms with Crippen LogP contribution in [0, 0.1) is 5.92 Å². The quantitative estimate of drug-likeness (QED) is 0.752. The molecule has 2 unspecified atom stereocenters. The number of fused-ring (bicyclic) bond motifs is 2. The van der Waals surface area contributed by atoms with E-state index < -0.39 is 0 Å². The number of nitrogens with one attached hydrogen (secondary N) is 2. The highest BCUT2D eigenvalue weighted by Crippen LogP contribution is 2.35. The minimum atomic E-state index is -0.203. The third kappa shape index (κ3) is 4.89. The van der Waals surface area contributed by atoms with Gasteiger partial charge in [-0.1, -0.05) is 0 Å². The highest BCUT2D eigenvalue weighted by Gasteiger charge is 2.34. The zero-order valence-corrected chi connectivity index (χ0v) is 17.7. The highest BCUT2D eigenvalue weighted by molar-refractivity contribution is 6.04. The van der Waals surface area contributed by atoms with Gasteiger partial charge in [-0.15, -0.1) is 12.4 Å². The summed E-state index contributed by atoms with van der Waals surface area (Å²) in [6, 6.07) is 4.36. The van der Waals surface area contributed by atoms with Gasteiger partial charge in [-0.25, -0.2) is 0 Å². The van der Waals surface area contributed by atoms with E-state index in [1.165, 1.54) is 32.0 Å². The number of nitrogens with zero attached hydrogens (tertiary/aromatic N) is 1. The fourth-order valence-electron chi connectivity index (χ4n) is 4.21. The van der Waals surface area contributed by atoms with Crippen LogP contribution in [0.2, 0.25) is 0 Å². The molecular formula is C20H30ClN3O4. The van der Waals surface area contributed by atoms with Crippen LogP contribution >= 0.6 is 12.4 Å². The van der Waals surface area contributed by atoms with E-state index in [0.29, 0.717) is 47.2 Å². The smallest absolute Gasteiger partial charge is 0.255 e. The van der Waals surface area contributed by atoms with Crippen molar-refractivity contribution in [1.82, 2.24) is 10.2 Å². The van der Waals surface area contributed by atoms with Crippen LogP contribution in [-0.2, 0) is 4.79 Å². The van der Waals surface area contributed by atoms with Gasteiger partial charge in [0.1, 0.15) is 0 Å². The van der Waals surface area contributed by atoms with Gasteiger partial charge >= 0.3 is 0 Å². The monoisotopic (exact) mass is 411 g/mol. The van der Waals surface area contributed by atoms with Gasteiger partial charge in [-0.2, -0.15) is 0 Å². The second-order valence-corrected chi connectivity index (χ2v) is 7.68. The standard InChI is InChI=1S/C20H29N3O4.ClH/c1-23(2)20(25)15-10-17(26-3)18(27-4)11-16(15)22-19(24)9-12-7-13-5-6-14(8-12)21-13;/h10-14,21H,5-9H2,1-4H3,(H,22,24);1H. The van der Waals surface area contributed by atoms with Crippen LogP contribution < -0.4 is 20.1 Å². The van der Waals surface area contributed by atoms with E-state index in [4.69, 9.17) is 9.47 Å². The first-order valence-corrected chi connectivity index (χ1v) is 9.44. The van der Waals surface area contributed by atoms with E-state index >= 15 is 0 Å². The number of carbonyl (C=O) groups is 2. The number of rotatable bonds is 6. The van der Waals surface area contributed by atoms with Crippen molar-refractivity contribution in [3.8, 4) is 11.5 Å². The van der Waals surface area contributed by atoms with Crippen molar-refractivity contribution in [2.24, 2.45) is 5.92 Å². The third-order valence-corrected chi connectivity index (χ3v) is 5.48. The van der Waals surface area contributed by atoms with Gasteiger partial charge in [0.05, 0.1) is 25.5 Å². The van der Waals surface area contributed by atoms with E-state index in [1.807, 2.05) is 0 Å². The van der Waals surface area contributed by atoms with Crippen LogP contribution in [0.5, 0.6) is 11.5 Å². The Morgan fingerprint density at radius 1 is 1.11 bits per heavy atom. The lowest BCUT2D eigenvalue weighted by atomic mass is 9.89. The largest absolute Gasteiger partial charge is 0.493 e. The average molecular weight is 412 g/mol. The summed E-state index contributed by atoms with van der Waals surface area (Å²) in [5, 5.41) is 6.52. The summed E-state index contributed by atoms with van der Waals surface area (Å²) < 4.78 is 10.6. The molecule has 0 aromatic heterocycles. The zero-order chi connectivity index (χ0) is 19.6. The molecule has 2 heterocycles. The predicted molar refractivity (Wildman–Crippen MR) is 111 cm³/mol. The number of halogens is 1. The summed E-state index contributed by atoms with van der Waals surface area (Å²) in [5.41, 5.74) is 0.838. The Hall–Kier alpha value is -1.99. The average Bonchev–Trinajstić information content (AvgIpc) is 2.98. The van der Waals surface area contributed by atoms with Crippen molar-refractivity contribution in [3.05, 3.63) is 17.7 Å². The fraction of sp³-hybridized carbons (Fsp3) is 0.600. The summed E-state index contributed by atoms with van der Waals surface area (Å²) in [6.07, 6.45) is 4.97. The van der Waals surface area contributed by atoms with E-state index in [0.717, 1.165) is 12.8 Å². The van der Waals surface area contributed by atoms with Gasteiger partial charge in [0.15, 0.2) is 11.5 Å². The fourth-order valence-corrected chi connectivity index (χ4v) is 4.21. The second kappa shape index (κ2) is 9.47. The molecule has 2 aliphatic heterocycles. The van der Waals surface area contributed by atoms with Crippen molar-refractivity contribution in [2.75, 3.05) is 33.6 Å². The summed E-state index contributed by atoms with van der Waals surface area (Å²) in [7, 11) is 6.40. The third-order valence-electron chi connectivity index (χ3n) is 5.48. The molecule has 2 saturated heterocycles. The molecule has 2 aliphatic rings. The maximum absolute atomic E-state index is 12.7. The summed E-state index contributed by atoms with van der Waals surface area (Å²) >= 11 is 0. The molecule has 3 rings (SSSR count). The van der Waals surface area contributed by atoms with E-state index in [2.05, 4.69) is 10.6 Å². The lowest BCUT2D eigenvalue weighted by molar-refractivity contribution is -0.117. The predicted octanol–water partition coefficient (Wildman–Crippen LogP) is 2.69. The SMILES string of the molecule is COc1cc(NC(=O)CC2CC3CCC(C2)N3)c(C(=O)N(C)C)cc1OC.Cl. The lowest BCUT2D eigenvalue weighted by Crippen LogP contribution is -2.39. The number of anilines is 1. The summed E-state index contributed by atoms with van der Waals surface area (Å²) in [4.78, 5) is 26.7. The minimum Gasteiger partial charge on any atom is -0.493 e. The van der Waals surface area contributed by atoms with Gasteiger partial charge in [-0.3, -0.25) is 9.59 Å². The first-order valence-electron chi connectivity index (χ1n) is 9.44. The van der Waals surface area contributed by atoms with E-state index in [9.17, 15) is 9.59 Å². The normalized spacial score (nSPS) is 22.8. The Morgan fingerprint density at radius 3 is 2.21 bits per heavy atom. The maximum atomic E-state index is 12.7. The first-order chi connectivity index (χ1) is 12.9. The molecule has 8 heteroatoms. The first kappa shape index (κ1) is 22.3. The number of piperidine rings is 1. The van der Waals surface area contributed by atoms with Crippen molar-refractivity contribution < 1.29 is 19.1 Å². The molecule has 2 bridgehead atoms. The van der Waals surface area contributed by atoms with Gasteiger partial charge < -0.3 is 25.0 Å². The Labute approximate surface area is 172 Å². The highest BCUT2D eigenvalue weighted by atomic mass is 35.5. The number of methoxy groups -OCH3 is 2. The molecule has 0 saturated carbocycles. The Bertz CT molecular complexity index is 714. The molecule has 28 heavy (non-hydrogen) atoms. The Morgan fingerprint density at radius 2 is 1.68 bits per heavy atom. The molecule has 156 valence electrons. The van der Waals surface area contributed by atoms with Gasteiger partial charge in [0.25, 0.3) is 5.91 Å². The summed E-state index contributed by atoms with van der Waals surface area (Å²) in [6.45, 7) is 0. The second-order valence-electron chi connectivity index (χ2n) is 7.68. The Kier molecular flexibility index (Phi) is 7.55. The van der Waals surface area contributed by atoms with Crippen molar-refractivity contribution in [2.45, 2.75) is 44.2 Å². The minimum absolute atomic E-state index is 0. The Balaban J connectivity index is 0.00000280. The number of hydrogen-bond donors (Lipinski definition) is 2. The van der Waals surface area contributed by atoms with Crippen LogP contribution in [0.25, 0.3) is 0 Å². The topological polar surface area (TPSA) is 79.9 Å². The van der Waals surface area contributed by atoms with Crippen LogP contribution in [0.4, 0.5) is 5.69 Å². The molecule has 1 aromatic carbocycles. The zero-order valence-electron chi connectivity index (χ0n) is 16.9. The van der Waals surface area contributed by atoms with Crippen molar-refractivity contribution in [3.63, 3.8) is 0 Å². The molecule has 1 aromatic rings. The van der Waals surface area contributed by atoms with Crippen LogP contribution in [-0.4, -0.2) is 57.1 Å². The van der Waals surface area contributed by atoms with Crippen LogP contribution in [0.3, 0.4) is 0 Å². The van der Waals surface area contributed by atoms with Gasteiger partial charge in [-0.05, 0) is 37.7 Å². The molecule has 2 amide bonds. The van der Waals surface area contributed by atoms with Gasteiger partial charge in [0.2, 0.25) is 5.91 Å². The molecule has 2 fully saturated rings. The van der Waals surface area contributed by atoms with Gasteiger partial charge in [0, 0.05) is 38.7 Å². The van der Waals surface area contributed by atoms with E-state index in [1.54, 1.807) is 26.2 Å². The lowest BCUT2D eigenvalue weighted by Gasteiger charge is -2.28. The maximum Gasteiger partial charge on any atom is 0.255 e. The van der Waals surface area contributed by atoms with Crippen LogP contribution in [0.15, 0.2) is 12.1 Å². The van der Waals surface area contributed by atoms with Crippen molar-refractivity contribution >= 4 is 29.9 Å². The van der Waals surface area contributed by atoms with E-state index in [-0.39, 0.29) is 24.2 Å². The molecule has 0 spiro atoms. The summed E-state index contributed by atoms with van der Waals surface area (Å²) in [5.74, 6) is 1.04. The number of benzene rings is 1. The molecule has 2 atom stereocenters. The number of hydrogen-bond acceptors (Lipinski definition) is 5. The molecular weight excluding hydrogens is 382 g/mol. The molecule has 2 N–H and O–H groups in total. The number of amides is 2. The number of carbonyl (C=O) groups excluding carboxylic acids is 2. The molecule has 7 nitrogen and oxygen atoms in total. The van der Waals surface area contributed by atoms with Crippen molar-refractivity contribution in [1.29, 1.82) is 0 Å². The number of ether oxygens (including phenoxy) is 2.